The molecule has 1 aliphatic heterocycles. The first-order valence-corrected chi connectivity index (χ1v) is 6.35. The summed E-state index contributed by atoms with van der Waals surface area (Å²) >= 11 is 0. The van der Waals surface area contributed by atoms with Gasteiger partial charge in [-0.2, -0.15) is 5.10 Å². The van der Waals surface area contributed by atoms with Gasteiger partial charge in [0.2, 0.25) is 0 Å². The van der Waals surface area contributed by atoms with Gasteiger partial charge in [-0.05, 0) is 20.9 Å². The molecular formula is C12H21N5O. The van der Waals surface area contributed by atoms with E-state index in [0.29, 0.717) is 11.4 Å². The predicted octanol–water partition coefficient (Wildman–Crippen LogP) is 0.261. The molecule has 1 fully saturated rings. The molecule has 1 aliphatic rings. The number of piperazine rings is 1. The zero-order valence-electron chi connectivity index (χ0n) is 11.3. The Hall–Kier alpha value is -1.56. The molecule has 1 aromatic heterocycles. The van der Waals surface area contributed by atoms with E-state index in [0.717, 1.165) is 26.2 Å². The normalized spacial score (nSPS) is 21.3. The second-order valence-electron chi connectivity index (χ2n) is 4.90. The minimum atomic E-state index is -0.0553. The standard InChI is InChI=1S/C12H21N5O/c1-4-16-8-10(13)11(14-16)12(18)17-6-5-15(3)7-9(17)2/h8-9H,4-7,13H2,1-3H3. The smallest absolute Gasteiger partial charge is 0.276 e. The van der Waals surface area contributed by atoms with E-state index in [-0.39, 0.29) is 11.9 Å². The lowest BCUT2D eigenvalue weighted by atomic mass is 10.2. The zero-order valence-corrected chi connectivity index (χ0v) is 11.3. The fourth-order valence-corrected chi connectivity index (χ4v) is 2.34. The number of likely N-dealkylation sites (N-methyl/N-ethyl adjacent to an activating group) is 1. The third kappa shape index (κ3) is 2.33. The number of amides is 1. The molecule has 0 aliphatic carbocycles. The Balaban J connectivity index is 2.17. The van der Waals surface area contributed by atoms with Crippen LogP contribution in [0.3, 0.4) is 0 Å². The molecule has 0 radical (unpaired) electrons. The SMILES string of the molecule is CCn1cc(N)c(C(=O)N2CCN(C)CC2C)n1. The molecule has 6 nitrogen and oxygen atoms in total. The number of nitrogen functional groups attached to an aromatic ring is 1. The molecule has 18 heavy (non-hydrogen) atoms. The Bertz CT molecular complexity index is 442. The molecule has 2 heterocycles. The summed E-state index contributed by atoms with van der Waals surface area (Å²) in [5, 5.41) is 4.24. The van der Waals surface area contributed by atoms with Crippen LogP contribution in [0.2, 0.25) is 0 Å². The van der Waals surface area contributed by atoms with Crippen LogP contribution in [0.5, 0.6) is 0 Å². The van der Waals surface area contributed by atoms with Crippen molar-refractivity contribution >= 4 is 11.6 Å². The number of anilines is 1. The van der Waals surface area contributed by atoms with E-state index < -0.39 is 0 Å². The van der Waals surface area contributed by atoms with E-state index in [1.54, 1.807) is 10.9 Å². The highest BCUT2D eigenvalue weighted by molar-refractivity contribution is 5.97. The molecule has 1 saturated heterocycles. The average Bonchev–Trinajstić information content (AvgIpc) is 2.70. The maximum absolute atomic E-state index is 12.4. The van der Waals surface area contributed by atoms with Crippen molar-refractivity contribution in [1.29, 1.82) is 0 Å². The van der Waals surface area contributed by atoms with E-state index in [1.165, 1.54) is 0 Å². The predicted molar refractivity (Wildman–Crippen MR) is 70.3 cm³/mol. The fourth-order valence-electron chi connectivity index (χ4n) is 2.34. The summed E-state index contributed by atoms with van der Waals surface area (Å²) in [4.78, 5) is 16.5. The Kier molecular flexibility index (Phi) is 3.56. The van der Waals surface area contributed by atoms with Gasteiger partial charge >= 0.3 is 0 Å². The van der Waals surface area contributed by atoms with Crippen molar-refractivity contribution in [2.24, 2.45) is 0 Å². The molecule has 6 heteroatoms. The van der Waals surface area contributed by atoms with Crippen LogP contribution in [-0.2, 0) is 6.54 Å². The molecular weight excluding hydrogens is 230 g/mol. The molecule has 0 bridgehead atoms. The molecule has 0 spiro atoms. The molecule has 0 aromatic carbocycles. The topological polar surface area (TPSA) is 67.4 Å². The van der Waals surface area contributed by atoms with Gasteiger partial charge in [-0.25, -0.2) is 0 Å². The zero-order chi connectivity index (χ0) is 13.3. The van der Waals surface area contributed by atoms with Crippen LogP contribution in [0.25, 0.3) is 0 Å². The van der Waals surface area contributed by atoms with E-state index in [1.807, 2.05) is 11.8 Å². The van der Waals surface area contributed by atoms with E-state index in [9.17, 15) is 4.79 Å². The maximum Gasteiger partial charge on any atom is 0.276 e. The van der Waals surface area contributed by atoms with Crippen molar-refractivity contribution in [3.05, 3.63) is 11.9 Å². The molecule has 1 aromatic rings. The number of nitrogens with two attached hydrogens (primary N) is 1. The van der Waals surface area contributed by atoms with E-state index >= 15 is 0 Å². The lowest BCUT2D eigenvalue weighted by Crippen LogP contribution is -2.52. The minimum Gasteiger partial charge on any atom is -0.396 e. The van der Waals surface area contributed by atoms with Gasteiger partial charge < -0.3 is 15.5 Å². The summed E-state index contributed by atoms with van der Waals surface area (Å²) in [5.41, 5.74) is 6.70. The number of nitrogens with zero attached hydrogens (tertiary/aromatic N) is 4. The van der Waals surface area contributed by atoms with Gasteiger partial charge in [-0.15, -0.1) is 0 Å². The highest BCUT2D eigenvalue weighted by Gasteiger charge is 2.29. The van der Waals surface area contributed by atoms with Crippen molar-refractivity contribution in [2.75, 3.05) is 32.4 Å². The van der Waals surface area contributed by atoms with E-state index in [4.69, 9.17) is 5.73 Å². The van der Waals surface area contributed by atoms with Crippen LogP contribution in [-0.4, -0.2) is 58.2 Å². The molecule has 2 rings (SSSR count). The Morgan fingerprint density at radius 2 is 2.28 bits per heavy atom. The van der Waals surface area contributed by atoms with Gasteiger partial charge in [0.15, 0.2) is 5.69 Å². The summed E-state index contributed by atoms with van der Waals surface area (Å²) in [7, 11) is 2.07. The maximum atomic E-state index is 12.4. The van der Waals surface area contributed by atoms with Crippen molar-refractivity contribution in [3.8, 4) is 0 Å². The summed E-state index contributed by atoms with van der Waals surface area (Å²) in [5.74, 6) is -0.0553. The van der Waals surface area contributed by atoms with Crippen LogP contribution < -0.4 is 5.73 Å². The van der Waals surface area contributed by atoms with Crippen LogP contribution in [0.4, 0.5) is 5.69 Å². The lowest BCUT2D eigenvalue weighted by molar-refractivity contribution is 0.0528. The number of hydrogen-bond acceptors (Lipinski definition) is 4. The molecule has 2 N–H and O–H groups in total. The number of hydrogen-bond donors (Lipinski definition) is 1. The van der Waals surface area contributed by atoms with Gasteiger partial charge in [-0.3, -0.25) is 9.48 Å². The minimum absolute atomic E-state index is 0.0553. The van der Waals surface area contributed by atoms with Crippen LogP contribution in [0, 0.1) is 0 Å². The largest absolute Gasteiger partial charge is 0.396 e. The first kappa shape index (κ1) is 12.9. The number of aromatic nitrogens is 2. The van der Waals surface area contributed by atoms with Gasteiger partial charge in [0.1, 0.15) is 0 Å². The Morgan fingerprint density at radius 1 is 1.56 bits per heavy atom. The quantitative estimate of drug-likeness (QED) is 0.819. The van der Waals surface area contributed by atoms with Crippen molar-refractivity contribution in [2.45, 2.75) is 26.4 Å². The average molecular weight is 251 g/mol. The van der Waals surface area contributed by atoms with E-state index in [2.05, 4.69) is 24.0 Å². The highest BCUT2D eigenvalue weighted by atomic mass is 16.2. The summed E-state index contributed by atoms with van der Waals surface area (Å²) < 4.78 is 1.70. The first-order valence-electron chi connectivity index (χ1n) is 6.35. The van der Waals surface area contributed by atoms with Gasteiger partial charge in [0, 0.05) is 38.4 Å². The number of carbonyl (C=O) groups is 1. The monoisotopic (exact) mass is 251 g/mol. The Labute approximate surface area is 107 Å². The summed E-state index contributed by atoms with van der Waals surface area (Å²) in [6, 6.07) is 0.197. The van der Waals surface area contributed by atoms with Crippen molar-refractivity contribution < 1.29 is 4.79 Å². The fraction of sp³-hybridized carbons (Fsp3) is 0.667. The van der Waals surface area contributed by atoms with Gasteiger partial charge in [-0.1, -0.05) is 0 Å². The van der Waals surface area contributed by atoms with Gasteiger partial charge in [0.25, 0.3) is 5.91 Å². The van der Waals surface area contributed by atoms with Crippen LogP contribution >= 0.6 is 0 Å². The summed E-state index contributed by atoms with van der Waals surface area (Å²) in [6.45, 7) is 7.26. The Morgan fingerprint density at radius 3 is 2.83 bits per heavy atom. The molecule has 0 saturated carbocycles. The first-order chi connectivity index (χ1) is 8.52. The lowest BCUT2D eigenvalue weighted by Gasteiger charge is -2.37. The third-order valence-corrected chi connectivity index (χ3v) is 3.41. The van der Waals surface area contributed by atoms with Gasteiger partial charge in [0.05, 0.1) is 5.69 Å². The van der Waals surface area contributed by atoms with Crippen molar-refractivity contribution in [1.82, 2.24) is 19.6 Å². The second kappa shape index (κ2) is 4.97. The van der Waals surface area contributed by atoms with Crippen LogP contribution in [0.1, 0.15) is 24.3 Å². The van der Waals surface area contributed by atoms with Crippen LogP contribution in [0.15, 0.2) is 6.20 Å². The molecule has 1 unspecified atom stereocenters. The van der Waals surface area contributed by atoms with Crippen molar-refractivity contribution in [3.63, 3.8) is 0 Å². The number of carbonyl (C=O) groups excluding carboxylic acids is 1. The third-order valence-electron chi connectivity index (χ3n) is 3.41. The highest BCUT2D eigenvalue weighted by Crippen LogP contribution is 2.16. The number of rotatable bonds is 2. The number of aryl methyl sites for hydroxylation is 1. The molecule has 100 valence electrons. The summed E-state index contributed by atoms with van der Waals surface area (Å²) in [6.07, 6.45) is 1.72. The molecule has 1 atom stereocenters. The molecule has 1 amide bonds. The second-order valence-corrected chi connectivity index (χ2v) is 4.90.